The second-order valence-corrected chi connectivity index (χ2v) is 10.5. The zero-order valence-corrected chi connectivity index (χ0v) is 20.0. The van der Waals surface area contributed by atoms with Crippen LogP contribution in [0.25, 0.3) is 6.08 Å². The molecule has 10 nitrogen and oxygen atoms in total. The van der Waals surface area contributed by atoms with Crippen LogP contribution in [0, 0.1) is 5.41 Å². The first kappa shape index (κ1) is 23.7. The van der Waals surface area contributed by atoms with Crippen LogP contribution in [0.1, 0.15) is 15.9 Å². The lowest BCUT2D eigenvalue weighted by atomic mass is 10.1. The number of nitrogens with zero attached hydrogens (tertiary/aromatic N) is 3. The Balaban J connectivity index is 1.60. The van der Waals surface area contributed by atoms with Crippen LogP contribution in [0.5, 0.6) is 11.5 Å². The first-order chi connectivity index (χ1) is 16.1. The number of esters is 1. The monoisotopic (exact) mass is 518 g/mol. The summed E-state index contributed by atoms with van der Waals surface area (Å²) in [5.74, 6) is -1.29. The molecule has 2 heterocycles. The highest BCUT2D eigenvalue weighted by Crippen LogP contribution is 2.32. The van der Waals surface area contributed by atoms with E-state index in [1.807, 2.05) is 0 Å². The summed E-state index contributed by atoms with van der Waals surface area (Å²) < 4.78 is 34.0. The number of aliphatic imine (C=N–C) groups is 1. The molecule has 1 N–H and O–H groups in total. The summed E-state index contributed by atoms with van der Waals surface area (Å²) in [5.41, 5.74) is 0.648. The smallest absolute Gasteiger partial charge is 0.343 e. The molecule has 174 valence electrons. The largest absolute Gasteiger partial charge is 0.493 e. The van der Waals surface area contributed by atoms with Crippen LogP contribution in [0.15, 0.2) is 58.1 Å². The van der Waals surface area contributed by atoms with E-state index in [1.54, 1.807) is 18.2 Å². The Morgan fingerprint density at radius 3 is 2.53 bits per heavy atom. The Labute approximate surface area is 203 Å². The van der Waals surface area contributed by atoms with Crippen LogP contribution < -0.4 is 9.47 Å². The number of hydrazone groups is 1. The number of thioether (sulfide) groups is 1. The van der Waals surface area contributed by atoms with Crippen molar-refractivity contribution < 1.29 is 27.5 Å². The number of fused-ring (bicyclic) bond motifs is 1. The zero-order valence-electron chi connectivity index (χ0n) is 17.6. The molecule has 0 saturated carbocycles. The third kappa shape index (κ3) is 4.74. The minimum Gasteiger partial charge on any atom is -0.493 e. The van der Waals surface area contributed by atoms with Gasteiger partial charge >= 0.3 is 5.97 Å². The number of sulfone groups is 1. The van der Waals surface area contributed by atoms with Gasteiger partial charge < -0.3 is 9.47 Å². The van der Waals surface area contributed by atoms with Crippen molar-refractivity contribution in [3.8, 4) is 11.5 Å². The van der Waals surface area contributed by atoms with Gasteiger partial charge in [0.15, 0.2) is 17.3 Å². The summed E-state index contributed by atoms with van der Waals surface area (Å²) in [7, 11) is -2.24. The van der Waals surface area contributed by atoms with E-state index in [0.717, 1.165) is 11.3 Å². The molecule has 0 bridgehead atoms. The SMILES string of the molecule is COc1cc(/C=C2/C(=N)N3N=C(S(C)(=O)=O)SC3=NC2=O)ccc1OC(=O)c1ccc(Cl)cc1. The van der Waals surface area contributed by atoms with Crippen molar-refractivity contribution in [2.24, 2.45) is 10.1 Å². The number of nitrogens with one attached hydrogen (secondary N) is 1. The molecular formula is C21H15ClN4O6S2. The van der Waals surface area contributed by atoms with Gasteiger partial charge in [0.25, 0.3) is 5.91 Å². The van der Waals surface area contributed by atoms with E-state index < -0.39 is 21.7 Å². The van der Waals surface area contributed by atoms with Crippen molar-refractivity contribution >= 4 is 66.5 Å². The third-order valence-electron chi connectivity index (χ3n) is 4.53. The molecule has 2 aliphatic rings. The summed E-state index contributed by atoms with van der Waals surface area (Å²) in [6, 6.07) is 10.7. The molecule has 2 aliphatic heterocycles. The topological polar surface area (TPSA) is 139 Å². The normalized spacial score (nSPS) is 16.8. The standard InChI is InChI=1S/C21H15ClN4O6S2/c1-31-16-10-11(3-8-15(16)32-19(28)12-4-6-13(22)7-5-12)9-14-17(23)26-20(24-18(14)27)33-21(25-26)34(2,29)30/h3-10,23H,1-2H3/b14-9-,23-17?. The second-order valence-electron chi connectivity index (χ2n) is 6.96. The fourth-order valence-electron chi connectivity index (χ4n) is 2.89. The van der Waals surface area contributed by atoms with Gasteiger partial charge in [-0.3, -0.25) is 10.2 Å². The summed E-state index contributed by atoms with van der Waals surface area (Å²) >= 11 is 6.54. The molecule has 0 radical (unpaired) electrons. The molecule has 0 fully saturated rings. The quantitative estimate of drug-likeness (QED) is 0.370. The van der Waals surface area contributed by atoms with Gasteiger partial charge in [-0.05, 0) is 59.8 Å². The summed E-state index contributed by atoms with van der Waals surface area (Å²) in [6.07, 6.45) is 2.37. The van der Waals surface area contributed by atoms with E-state index in [1.165, 1.54) is 37.5 Å². The zero-order chi connectivity index (χ0) is 24.6. The Morgan fingerprint density at radius 2 is 1.88 bits per heavy atom. The highest BCUT2D eigenvalue weighted by atomic mass is 35.5. The number of rotatable bonds is 4. The van der Waals surface area contributed by atoms with Crippen molar-refractivity contribution in [3.63, 3.8) is 0 Å². The maximum absolute atomic E-state index is 12.5. The van der Waals surface area contributed by atoms with Gasteiger partial charge in [0.05, 0.1) is 18.2 Å². The Kier molecular flexibility index (Phi) is 6.30. The number of carbonyl (C=O) groups is 2. The Bertz CT molecular complexity index is 1430. The maximum Gasteiger partial charge on any atom is 0.343 e. The molecular weight excluding hydrogens is 504 g/mol. The van der Waals surface area contributed by atoms with Gasteiger partial charge in [0.2, 0.25) is 19.4 Å². The number of hydrogen-bond donors (Lipinski definition) is 1. The van der Waals surface area contributed by atoms with Crippen LogP contribution in [0.3, 0.4) is 0 Å². The van der Waals surface area contributed by atoms with Gasteiger partial charge in [-0.25, -0.2) is 13.2 Å². The molecule has 2 aromatic rings. The van der Waals surface area contributed by atoms with Crippen molar-refractivity contribution in [1.29, 1.82) is 5.41 Å². The average Bonchev–Trinajstić information content (AvgIpc) is 3.22. The number of ether oxygens (including phenoxy) is 2. The van der Waals surface area contributed by atoms with Crippen LogP contribution in [0.2, 0.25) is 5.02 Å². The van der Waals surface area contributed by atoms with Gasteiger partial charge in [0, 0.05) is 11.3 Å². The van der Waals surface area contributed by atoms with Gasteiger partial charge in [0.1, 0.15) is 0 Å². The Morgan fingerprint density at radius 1 is 1.18 bits per heavy atom. The molecule has 0 atom stereocenters. The first-order valence-corrected chi connectivity index (χ1v) is 12.5. The molecule has 0 unspecified atom stereocenters. The molecule has 0 saturated heterocycles. The van der Waals surface area contributed by atoms with E-state index in [-0.39, 0.29) is 32.5 Å². The molecule has 1 amide bonds. The number of methoxy groups -OCH3 is 1. The van der Waals surface area contributed by atoms with Gasteiger partial charge in [-0.1, -0.05) is 17.7 Å². The van der Waals surface area contributed by atoms with E-state index >= 15 is 0 Å². The number of amides is 1. The van der Waals surface area contributed by atoms with Crippen molar-refractivity contribution in [1.82, 2.24) is 5.01 Å². The van der Waals surface area contributed by atoms with Crippen molar-refractivity contribution in [3.05, 3.63) is 64.2 Å². The molecule has 0 spiro atoms. The average molecular weight is 519 g/mol. The molecule has 34 heavy (non-hydrogen) atoms. The third-order valence-corrected chi connectivity index (χ3v) is 7.36. The maximum atomic E-state index is 12.5. The van der Waals surface area contributed by atoms with Crippen LogP contribution in [-0.2, 0) is 14.6 Å². The fraction of sp³-hybridized carbons (Fsp3) is 0.0952. The number of halogens is 1. The molecule has 2 aromatic carbocycles. The number of benzene rings is 2. The highest BCUT2D eigenvalue weighted by Gasteiger charge is 2.38. The minimum atomic E-state index is -3.63. The highest BCUT2D eigenvalue weighted by molar-refractivity contribution is 8.42. The summed E-state index contributed by atoms with van der Waals surface area (Å²) in [6.45, 7) is 0. The van der Waals surface area contributed by atoms with Crippen molar-refractivity contribution in [2.75, 3.05) is 13.4 Å². The second kappa shape index (κ2) is 9.05. The summed E-state index contributed by atoms with van der Waals surface area (Å²) in [4.78, 5) is 28.8. The van der Waals surface area contributed by atoms with Gasteiger partial charge in [-0.15, -0.1) is 5.10 Å². The Hall–Kier alpha value is -3.48. The molecule has 0 aliphatic carbocycles. The first-order valence-electron chi connectivity index (χ1n) is 9.43. The van der Waals surface area contributed by atoms with E-state index in [2.05, 4.69) is 10.1 Å². The van der Waals surface area contributed by atoms with E-state index in [4.69, 9.17) is 26.5 Å². The molecule has 4 rings (SSSR count). The number of hydrogen-bond acceptors (Lipinski definition) is 9. The minimum absolute atomic E-state index is 0.00499. The van der Waals surface area contributed by atoms with E-state index in [0.29, 0.717) is 27.9 Å². The van der Waals surface area contributed by atoms with Crippen LogP contribution in [-0.4, -0.2) is 54.0 Å². The predicted molar refractivity (Wildman–Crippen MR) is 129 cm³/mol. The van der Waals surface area contributed by atoms with Gasteiger partial charge in [-0.2, -0.15) is 10.0 Å². The predicted octanol–water partition coefficient (Wildman–Crippen LogP) is 3.19. The molecule has 13 heteroatoms. The summed E-state index contributed by atoms with van der Waals surface area (Å²) in [5, 5.41) is 13.7. The number of amidine groups is 2. The molecule has 0 aromatic heterocycles. The fourth-order valence-corrected chi connectivity index (χ4v) is 4.70. The van der Waals surface area contributed by atoms with Crippen molar-refractivity contribution in [2.45, 2.75) is 0 Å². The van der Waals surface area contributed by atoms with Crippen LogP contribution in [0.4, 0.5) is 0 Å². The lowest BCUT2D eigenvalue weighted by Gasteiger charge is -2.20. The number of carbonyl (C=O) groups excluding carboxylic acids is 2. The van der Waals surface area contributed by atoms with E-state index in [9.17, 15) is 18.0 Å². The lowest BCUT2D eigenvalue weighted by Crippen LogP contribution is -2.35. The van der Waals surface area contributed by atoms with Crippen LogP contribution >= 0.6 is 23.4 Å². The lowest BCUT2D eigenvalue weighted by molar-refractivity contribution is -0.114.